The number of amides is 11. The summed E-state index contributed by atoms with van der Waals surface area (Å²) < 4.78 is 0. The van der Waals surface area contributed by atoms with Crippen molar-refractivity contribution >= 4 is 82.9 Å². The second kappa shape index (κ2) is 36.2. The van der Waals surface area contributed by atoms with Gasteiger partial charge in [0.05, 0.1) is 38.6 Å². The molecule has 0 radical (unpaired) electrons. The van der Waals surface area contributed by atoms with E-state index in [2.05, 4.69) is 47.9 Å². The maximum absolute atomic E-state index is 14.1. The number of nitrogens with two attached hydrogens (primary N) is 4. The summed E-state index contributed by atoms with van der Waals surface area (Å²) in [6, 6.07) is 0.544. The van der Waals surface area contributed by atoms with Crippen LogP contribution < -0.4 is 70.8 Å². The van der Waals surface area contributed by atoms with Crippen LogP contribution >= 0.6 is 0 Å². The molecular weight excluding hydrogens is 1090 g/mol. The summed E-state index contributed by atoms with van der Waals surface area (Å²) in [7, 11) is 0. The molecule has 450 valence electrons. The molecule has 0 fully saturated rings. The van der Waals surface area contributed by atoms with Crippen molar-refractivity contribution in [2.24, 2.45) is 22.9 Å². The Morgan fingerprint density at radius 1 is 0.427 bits per heavy atom. The van der Waals surface area contributed by atoms with Gasteiger partial charge >= 0.3 is 17.9 Å². The zero-order valence-corrected chi connectivity index (χ0v) is 44.3. The predicted octanol–water partition coefficient (Wildman–Crippen LogP) is -7.53. The van der Waals surface area contributed by atoms with E-state index >= 15 is 0 Å². The quantitative estimate of drug-likeness (QED) is 0.0277. The number of hydrogen-bond acceptors (Lipinski definition) is 18. The SMILES string of the molecule is NCCCC[C@H](NC(=O)[C@H](CCC(=O)O)NC(=O)CNC(=O)[C@H](CO)NC(=O)[C@H](CO)NC(=O)[C@H](Cc1ccccc1)NC(=O)[C@H](CCC(N)=O)NC(=O)[C@H](CC(N)=O)NC(=O)[C@H](Cc1ccccc1)NC(=O)[C@@H](N)CC(=O)O)C(=O)O. The largest absolute Gasteiger partial charge is 0.481 e. The van der Waals surface area contributed by atoms with Crippen molar-refractivity contribution in [1.82, 2.24) is 47.9 Å². The van der Waals surface area contributed by atoms with E-state index in [9.17, 15) is 87.5 Å². The van der Waals surface area contributed by atoms with Crippen molar-refractivity contribution in [3.05, 3.63) is 71.8 Å². The van der Waals surface area contributed by atoms with Crippen molar-refractivity contribution in [1.29, 1.82) is 0 Å². The van der Waals surface area contributed by atoms with Crippen molar-refractivity contribution in [3.63, 3.8) is 0 Å². The second-order valence-corrected chi connectivity index (χ2v) is 18.4. The van der Waals surface area contributed by atoms with Crippen LogP contribution in [0.2, 0.25) is 0 Å². The fraction of sp³-hybridized carbons (Fsp3) is 0.480. The van der Waals surface area contributed by atoms with Crippen LogP contribution in [0.3, 0.4) is 0 Å². The molecule has 0 saturated heterocycles. The van der Waals surface area contributed by atoms with Gasteiger partial charge in [-0.25, -0.2) is 4.79 Å². The van der Waals surface area contributed by atoms with Gasteiger partial charge in [0, 0.05) is 25.7 Å². The van der Waals surface area contributed by atoms with E-state index in [1.807, 2.05) is 0 Å². The lowest BCUT2D eigenvalue weighted by Gasteiger charge is -2.27. The van der Waals surface area contributed by atoms with Crippen molar-refractivity contribution < 1.29 is 92.7 Å². The summed E-state index contributed by atoms with van der Waals surface area (Å²) >= 11 is 0. The number of carboxylic acids is 3. The van der Waals surface area contributed by atoms with E-state index in [4.69, 9.17) is 28.0 Å². The molecule has 0 unspecified atom stereocenters. The molecule has 0 aliphatic heterocycles. The number of aliphatic carboxylic acids is 3. The first kappa shape index (κ1) is 69.0. The number of primary amides is 2. The molecular formula is C50H71N13O19. The molecule has 22 N–H and O–H groups in total. The average molecular weight is 1160 g/mol. The normalized spacial score (nSPS) is 14.1. The summed E-state index contributed by atoms with van der Waals surface area (Å²) in [5, 5.41) is 68.2. The number of carbonyl (C=O) groups excluding carboxylic acids is 11. The van der Waals surface area contributed by atoms with E-state index in [1.165, 1.54) is 12.1 Å². The lowest BCUT2D eigenvalue weighted by Crippen LogP contribution is -2.61. The molecule has 0 bridgehead atoms. The molecule has 9 atom stereocenters. The predicted molar refractivity (Wildman–Crippen MR) is 283 cm³/mol. The van der Waals surface area contributed by atoms with E-state index in [0.717, 1.165) is 0 Å². The minimum atomic E-state index is -1.93. The summed E-state index contributed by atoms with van der Waals surface area (Å²) in [6.07, 6.45) is -3.88. The van der Waals surface area contributed by atoms with Gasteiger partial charge in [-0.3, -0.25) is 62.3 Å². The first-order chi connectivity index (χ1) is 38.8. The molecule has 2 aromatic rings. The number of rotatable bonds is 39. The third-order valence-electron chi connectivity index (χ3n) is 11.8. The van der Waals surface area contributed by atoms with E-state index < -0.39 is 196 Å². The molecule has 2 rings (SSSR count). The highest BCUT2D eigenvalue weighted by Crippen LogP contribution is 2.10. The number of aliphatic hydroxyl groups is 2. The first-order valence-corrected chi connectivity index (χ1v) is 25.5. The number of hydrogen-bond donors (Lipinski definition) is 18. The van der Waals surface area contributed by atoms with E-state index in [1.54, 1.807) is 48.5 Å². The maximum atomic E-state index is 14.1. The molecule has 0 heterocycles. The van der Waals surface area contributed by atoms with Crippen LogP contribution in [-0.4, -0.2) is 189 Å². The number of carbonyl (C=O) groups is 14. The third kappa shape index (κ3) is 26.2. The summed E-state index contributed by atoms with van der Waals surface area (Å²) in [6.45, 7) is -3.00. The monoisotopic (exact) mass is 1160 g/mol. The Balaban J connectivity index is 2.33. The van der Waals surface area contributed by atoms with Crippen LogP contribution in [0, 0.1) is 0 Å². The Morgan fingerprint density at radius 2 is 0.841 bits per heavy atom. The molecule has 0 aliphatic rings. The zero-order chi connectivity index (χ0) is 61.5. The van der Waals surface area contributed by atoms with Gasteiger partial charge in [-0.2, -0.15) is 0 Å². The fourth-order valence-electron chi connectivity index (χ4n) is 7.49. The van der Waals surface area contributed by atoms with Gasteiger partial charge in [-0.1, -0.05) is 60.7 Å². The van der Waals surface area contributed by atoms with Gasteiger partial charge in [0.2, 0.25) is 65.0 Å². The smallest absolute Gasteiger partial charge is 0.326 e. The van der Waals surface area contributed by atoms with Crippen molar-refractivity contribution in [2.45, 2.75) is 125 Å². The van der Waals surface area contributed by atoms with Crippen LogP contribution in [0.25, 0.3) is 0 Å². The molecule has 0 saturated carbocycles. The Morgan fingerprint density at radius 3 is 1.30 bits per heavy atom. The number of benzene rings is 2. The Bertz CT molecular complexity index is 2560. The highest BCUT2D eigenvalue weighted by Gasteiger charge is 2.35. The van der Waals surface area contributed by atoms with Crippen LogP contribution in [0.5, 0.6) is 0 Å². The molecule has 0 aliphatic carbocycles. The topological polar surface area (TPSA) is 552 Å². The zero-order valence-electron chi connectivity index (χ0n) is 44.3. The van der Waals surface area contributed by atoms with Crippen LogP contribution in [0.4, 0.5) is 0 Å². The number of unbranched alkanes of at least 4 members (excludes halogenated alkanes) is 1. The van der Waals surface area contributed by atoms with Gasteiger partial charge < -0.3 is 96.3 Å². The van der Waals surface area contributed by atoms with Gasteiger partial charge in [-0.05, 0) is 49.8 Å². The van der Waals surface area contributed by atoms with Gasteiger partial charge in [0.1, 0.15) is 48.3 Å². The summed E-state index contributed by atoms with van der Waals surface area (Å²) in [4.78, 5) is 180. The fourth-order valence-corrected chi connectivity index (χ4v) is 7.49. The van der Waals surface area contributed by atoms with Crippen molar-refractivity contribution in [2.75, 3.05) is 26.3 Å². The third-order valence-corrected chi connectivity index (χ3v) is 11.8. The Kier molecular flexibility index (Phi) is 30.4. The van der Waals surface area contributed by atoms with Gasteiger partial charge in [0.15, 0.2) is 0 Å². The minimum absolute atomic E-state index is 0.0366. The summed E-state index contributed by atoms with van der Waals surface area (Å²) in [5.41, 5.74) is 22.8. The van der Waals surface area contributed by atoms with Gasteiger partial charge in [0.25, 0.3) is 0 Å². The Labute approximate surface area is 468 Å². The second-order valence-electron chi connectivity index (χ2n) is 18.4. The number of nitrogens with one attached hydrogen (secondary N) is 9. The van der Waals surface area contributed by atoms with Crippen LogP contribution in [0.1, 0.15) is 68.9 Å². The standard InChI is InChI=1S/C50H71N13O19/c51-18-8-7-13-31(50(81)82)58-44(75)29(15-17-40(69)70)56-39(68)23-55-43(74)35(24-64)62-49(80)36(25-65)63-47(78)33(20-27-11-5-2-6-12-27)60-45(76)30(14-16-37(53)66)57-48(79)34(22-38(54)67)61-46(77)32(19-26-9-3-1-4-10-26)59-42(73)28(52)21-41(71)72/h1-6,9-12,28-36,64-65H,7-8,13-25,51-52H2,(H2,53,66)(H2,54,67)(H,55,74)(H,56,68)(H,57,79)(H,58,75)(H,59,73)(H,60,76)(H,61,77)(H,62,80)(H,63,78)(H,69,70)(H,71,72)(H,81,82)/t28-,29-,30-,31-,32-,33-,34-,35-,36-/m0/s1. The first-order valence-electron chi connectivity index (χ1n) is 25.5. The van der Waals surface area contributed by atoms with Crippen molar-refractivity contribution in [3.8, 4) is 0 Å². The lowest BCUT2D eigenvalue weighted by molar-refractivity contribution is -0.143. The number of carboxylic acid groups (broad SMARTS) is 3. The Hall–Kier alpha value is -9.14. The minimum Gasteiger partial charge on any atom is -0.481 e. The number of aliphatic hydroxyl groups excluding tert-OH is 2. The highest BCUT2D eigenvalue weighted by atomic mass is 16.4. The van der Waals surface area contributed by atoms with E-state index in [0.29, 0.717) is 24.0 Å². The highest BCUT2D eigenvalue weighted by molar-refractivity contribution is 5.99. The average Bonchev–Trinajstić information content (AvgIpc) is 3.43. The lowest BCUT2D eigenvalue weighted by atomic mass is 10.0. The maximum Gasteiger partial charge on any atom is 0.326 e. The van der Waals surface area contributed by atoms with Crippen LogP contribution in [0.15, 0.2) is 60.7 Å². The molecule has 11 amide bonds. The van der Waals surface area contributed by atoms with Gasteiger partial charge in [-0.15, -0.1) is 0 Å². The van der Waals surface area contributed by atoms with Crippen LogP contribution in [-0.2, 0) is 80.0 Å². The summed E-state index contributed by atoms with van der Waals surface area (Å²) in [5.74, 6) is -16.7. The molecule has 2 aromatic carbocycles. The molecule has 82 heavy (non-hydrogen) atoms. The molecule has 32 heteroatoms. The molecule has 0 aromatic heterocycles. The molecule has 0 spiro atoms. The molecule has 32 nitrogen and oxygen atoms in total. The van der Waals surface area contributed by atoms with E-state index in [-0.39, 0.29) is 25.8 Å².